The lowest BCUT2D eigenvalue weighted by Gasteiger charge is -2.18. The number of allylic oxidation sites excluding steroid dienone is 8. The molecule has 0 rings (SSSR count). The Hall–Kier alpha value is -2.63. The van der Waals surface area contributed by atoms with Crippen molar-refractivity contribution in [2.24, 2.45) is 0 Å². The van der Waals surface area contributed by atoms with E-state index < -0.39 is 6.10 Å². The number of unbranched alkanes of at least 4 members (excludes halogenated alkanes) is 30. The third kappa shape index (κ3) is 50.2. The first kappa shape index (κ1) is 60.4. The molecule has 6 nitrogen and oxygen atoms in total. The van der Waals surface area contributed by atoms with Crippen LogP contribution < -0.4 is 0 Å². The highest BCUT2D eigenvalue weighted by Crippen LogP contribution is 2.16. The van der Waals surface area contributed by atoms with Gasteiger partial charge in [0.05, 0.1) is 0 Å². The maximum atomic E-state index is 12.8. The number of ether oxygens (including phenoxy) is 3. The molecular formula is C57H102O6. The first-order valence-electron chi connectivity index (χ1n) is 27.1. The predicted molar refractivity (Wildman–Crippen MR) is 270 cm³/mol. The van der Waals surface area contributed by atoms with Crippen LogP contribution in [0.2, 0.25) is 0 Å². The zero-order valence-electron chi connectivity index (χ0n) is 41.8. The van der Waals surface area contributed by atoms with Crippen molar-refractivity contribution in [1.29, 1.82) is 0 Å². The Kier molecular flexibility index (Phi) is 49.8. The van der Waals surface area contributed by atoms with Crippen molar-refractivity contribution in [2.75, 3.05) is 13.2 Å². The van der Waals surface area contributed by atoms with Crippen LogP contribution in [0.15, 0.2) is 48.6 Å². The molecule has 1 atom stereocenters. The summed E-state index contributed by atoms with van der Waals surface area (Å²) in [4.78, 5) is 38.0. The standard InChI is InChI=1S/C57H102O6/c1-4-7-10-13-16-19-22-24-26-28-30-32-35-38-41-44-47-50-56(59)62-53-54(52-61-55(58)49-46-43-40-37-34-21-18-15-12-9-6-3)63-57(60)51-48-45-42-39-36-33-31-29-27-25-23-20-17-14-11-8-5-2/h8,11,17,20,25,27,31,33,54H,4-7,9-10,12-16,18-19,21-24,26,28-30,32,34-53H2,1-3H3/b11-8-,20-17-,27-25-,33-31-/t54-/m0/s1. The molecule has 63 heavy (non-hydrogen) atoms. The second-order valence-electron chi connectivity index (χ2n) is 18.1. The normalized spacial score (nSPS) is 12.4. The molecule has 0 aromatic carbocycles. The molecule has 0 amide bonds. The number of carbonyl (C=O) groups excluding carboxylic acids is 3. The second-order valence-corrected chi connectivity index (χ2v) is 18.1. The van der Waals surface area contributed by atoms with Crippen molar-refractivity contribution in [3.63, 3.8) is 0 Å². The van der Waals surface area contributed by atoms with Gasteiger partial charge < -0.3 is 14.2 Å². The molecule has 0 saturated heterocycles. The van der Waals surface area contributed by atoms with E-state index in [2.05, 4.69) is 69.4 Å². The third-order valence-electron chi connectivity index (χ3n) is 11.8. The van der Waals surface area contributed by atoms with Crippen molar-refractivity contribution in [2.45, 2.75) is 284 Å². The average molecular weight is 883 g/mol. The van der Waals surface area contributed by atoms with E-state index in [0.717, 1.165) is 96.3 Å². The number of hydrogen-bond donors (Lipinski definition) is 0. The highest BCUT2D eigenvalue weighted by atomic mass is 16.6. The number of esters is 3. The molecule has 0 unspecified atom stereocenters. The van der Waals surface area contributed by atoms with Crippen LogP contribution in [-0.4, -0.2) is 37.2 Å². The topological polar surface area (TPSA) is 78.9 Å². The molecule has 0 aliphatic rings. The van der Waals surface area contributed by atoms with Gasteiger partial charge in [-0.1, -0.05) is 249 Å². The fraction of sp³-hybridized carbons (Fsp3) is 0.807. The molecular weight excluding hydrogens is 781 g/mol. The summed E-state index contributed by atoms with van der Waals surface area (Å²) < 4.78 is 16.8. The summed E-state index contributed by atoms with van der Waals surface area (Å²) >= 11 is 0. The van der Waals surface area contributed by atoms with Crippen molar-refractivity contribution in [3.8, 4) is 0 Å². The fourth-order valence-corrected chi connectivity index (χ4v) is 7.79. The summed E-state index contributed by atoms with van der Waals surface area (Å²) in [6.45, 7) is 6.53. The van der Waals surface area contributed by atoms with Crippen LogP contribution in [0.3, 0.4) is 0 Å². The van der Waals surface area contributed by atoms with Gasteiger partial charge in [-0.05, 0) is 57.8 Å². The zero-order chi connectivity index (χ0) is 45.8. The number of carbonyl (C=O) groups is 3. The molecule has 366 valence electrons. The first-order valence-corrected chi connectivity index (χ1v) is 27.1. The first-order chi connectivity index (χ1) is 31.0. The predicted octanol–water partition coefficient (Wildman–Crippen LogP) is 17.9. The molecule has 0 radical (unpaired) electrons. The summed E-state index contributed by atoms with van der Waals surface area (Å²) in [7, 11) is 0. The van der Waals surface area contributed by atoms with Gasteiger partial charge in [0.15, 0.2) is 6.10 Å². The van der Waals surface area contributed by atoms with Gasteiger partial charge in [-0.3, -0.25) is 14.4 Å². The largest absolute Gasteiger partial charge is 0.462 e. The van der Waals surface area contributed by atoms with E-state index in [0.29, 0.717) is 19.3 Å². The molecule has 0 aliphatic heterocycles. The SMILES string of the molecule is CC/C=C\C/C=C\C/C=C\C/C=C\CCCCCCC(=O)O[C@@H](COC(=O)CCCCCCCCCCCCC)COC(=O)CCCCCCCCCCCCCCCCCCC. The Balaban J connectivity index is 4.36. The van der Waals surface area contributed by atoms with E-state index in [4.69, 9.17) is 14.2 Å². The molecule has 0 aromatic heterocycles. The molecule has 0 N–H and O–H groups in total. The fourth-order valence-electron chi connectivity index (χ4n) is 7.79. The van der Waals surface area contributed by atoms with Crippen LogP contribution in [0.1, 0.15) is 278 Å². The second kappa shape index (κ2) is 52.0. The number of hydrogen-bond acceptors (Lipinski definition) is 6. The maximum Gasteiger partial charge on any atom is 0.306 e. The van der Waals surface area contributed by atoms with Crippen molar-refractivity contribution in [3.05, 3.63) is 48.6 Å². The molecule has 0 bridgehead atoms. The molecule has 0 aromatic rings. The highest BCUT2D eigenvalue weighted by Gasteiger charge is 2.19. The monoisotopic (exact) mass is 883 g/mol. The lowest BCUT2D eigenvalue weighted by atomic mass is 10.0. The Bertz CT molecular complexity index is 1110. The third-order valence-corrected chi connectivity index (χ3v) is 11.8. The molecule has 6 heteroatoms. The summed E-state index contributed by atoms with van der Waals surface area (Å²) in [5, 5.41) is 0. The van der Waals surface area contributed by atoms with Gasteiger partial charge in [0.2, 0.25) is 0 Å². The van der Waals surface area contributed by atoms with Gasteiger partial charge in [0, 0.05) is 19.3 Å². The van der Waals surface area contributed by atoms with Gasteiger partial charge >= 0.3 is 17.9 Å². The molecule has 0 saturated carbocycles. The average Bonchev–Trinajstić information content (AvgIpc) is 3.28. The maximum absolute atomic E-state index is 12.8. The van der Waals surface area contributed by atoms with E-state index in [1.54, 1.807) is 0 Å². The molecule has 0 fully saturated rings. The van der Waals surface area contributed by atoms with Crippen LogP contribution in [-0.2, 0) is 28.6 Å². The summed E-state index contributed by atoms with van der Waals surface area (Å²) in [5.41, 5.74) is 0. The van der Waals surface area contributed by atoms with Crippen molar-refractivity contribution >= 4 is 17.9 Å². The quantitative estimate of drug-likeness (QED) is 0.0262. The summed E-state index contributed by atoms with van der Waals surface area (Å²) in [6, 6.07) is 0. The molecule has 0 heterocycles. The summed E-state index contributed by atoms with van der Waals surface area (Å²) in [5.74, 6) is -0.891. The van der Waals surface area contributed by atoms with Crippen molar-refractivity contribution < 1.29 is 28.6 Å². The minimum atomic E-state index is -0.781. The lowest BCUT2D eigenvalue weighted by Crippen LogP contribution is -2.30. The Labute approximate surface area is 390 Å². The van der Waals surface area contributed by atoms with Crippen LogP contribution in [0, 0.1) is 0 Å². The van der Waals surface area contributed by atoms with Crippen LogP contribution in [0.5, 0.6) is 0 Å². The van der Waals surface area contributed by atoms with E-state index in [-0.39, 0.29) is 31.1 Å². The van der Waals surface area contributed by atoms with Gasteiger partial charge in [0.1, 0.15) is 13.2 Å². The summed E-state index contributed by atoms with van der Waals surface area (Å²) in [6.07, 6.45) is 62.4. The van der Waals surface area contributed by atoms with Crippen LogP contribution >= 0.6 is 0 Å². The number of rotatable bonds is 49. The smallest absolute Gasteiger partial charge is 0.306 e. The van der Waals surface area contributed by atoms with E-state index in [1.165, 1.54) is 141 Å². The highest BCUT2D eigenvalue weighted by molar-refractivity contribution is 5.71. The van der Waals surface area contributed by atoms with Crippen molar-refractivity contribution in [1.82, 2.24) is 0 Å². The molecule has 0 aliphatic carbocycles. The Morgan fingerprint density at radius 3 is 0.968 bits per heavy atom. The van der Waals surface area contributed by atoms with E-state index in [9.17, 15) is 14.4 Å². The Morgan fingerprint density at radius 2 is 0.619 bits per heavy atom. The Morgan fingerprint density at radius 1 is 0.333 bits per heavy atom. The van der Waals surface area contributed by atoms with Gasteiger partial charge in [-0.2, -0.15) is 0 Å². The lowest BCUT2D eigenvalue weighted by molar-refractivity contribution is -0.167. The minimum Gasteiger partial charge on any atom is -0.462 e. The zero-order valence-corrected chi connectivity index (χ0v) is 41.8. The van der Waals surface area contributed by atoms with Gasteiger partial charge in [-0.25, -0.2) is 0 Å². The molecule has 0 spiro atoms. The van der Waals surface area contributed by atoms with Crippen LogP contribution in [0.4, 0.5) is 0 Å². The minimum absolute atomic E-state index is 0.0792. The van der Waals surface area contributed by atoms with E-state index in [1.807, 2.05) is 0 Å². The van der Waals surface area contributed by atoms with Crippen LogP contribution in [0.25, 0.3) is 0 Å². The van der Waals surface area contributed by atoms with E-state index >= 15 is 0 Å². The van der Waals surface area contributed by atoms with Gasteiger partial charge in [0.25, 0.3) is 0 Å². The van der Waals surface area contributed by atoms with Gasteiger partial charge in [-0.15, -0.1) is 0 Å².